The lowest BCUT2D eigenvalue weighted by atomic mass is 10.0. The molecular formula is C16H15N3O3. The number of ether oxygens (including phenoxy) is 1. The Morgan fingerprint density at radius 2 is 1.91 bits per heavy atom. The second kappa shape index (κ2) is 5.14. The molecule has 0 aliphatic carbocycles. The second-order valence-electron chi connectivity index (χ2n) is 5.08. The van der Waals surface area contributed by atoms with Gasteiger partial charge in [0.1, 0.15) is 5.75 Å². The van der Waals surface area contributed by atoms with Crippen molar-refractivity contribution in [3.63, 3.8) is 0 Å². The molecule has 22 heavy (non-hydrogen) atoms. The molecule has 2 aromatic heterocycles. The van der Waals surface area contributed by atoms with Crippen LogP contribution in [-0.4, -0.2) is 21.5 Å². The SMILES string of the molecule is COc1cc2c(=O)n(C)ncc2cc1-c1ccc(=O)n(C)c1. The van der Waals surface area contributed by atoms with Crippen molar-refractivity contribution in [2.24, 2.45) is 14.1 Å². The monoisotopic (exact) mass is 297 g/mol. The van der Waals surface area contributed by atoms with Gasteiger partial charge in [-0.1, -0.05) is 0 Å². The highest BCUT2D eigenvalue weighted by molar-refractivity contribution is 5.89. The minimum absolute atomic E-state index is 0.0842. The minimum atomic E-state index is -0.178. The van der Waals surface area contributed by atoms with E-state index in [2.05, 4.69) is 5.10 Å². The molecule has 3 rings (SSSR count). The summed E-state index contributed by atoms with van der Waals surface area (Å²) in [5.74, 6) is 0.578. The highest BCUT2D eigenvalue weighted by Gasteiger charge is 2.11. The molecule has 3 aromatic rings. The molecule has 2 heterocycles. The number of aryl methyl sites for hydroxylation is 2. The molecule has 0 atom stereocenters. The normalized spacial score (nSPS) is 10.9. The zero-order chi connectivity index (χ0) is 15.9. The Morgan fingerprint density at radius 1 is 1.14 bits per heavy atom. The Labute approximate surface area is 126 Å². The van der Waals surface area contributed by atoms with Crippen molar-refractivity contribution in [2.45, 2.75) is 0 Å². The van der Waals surface area contributed by atoms with Crippen LogP contribution >= 0.6 is 0 Å². The fourth-order valence-electron chi connectivity index (χ4n) is 2.41. The zero-order valence-corrected chi connectivity index (χ0v) is 12.5. The minimum Gasteiger partial charge on any atom is -0.496 e. The molecule has 0 saturated carbocycles. The Kier molecular flexibility index (Phi) is 3.29. The highest BCUT2D eigenvalue weighted by Crippen LogP contribution is 2.32. The van der Waals surface area contributed by atoms with Crippen molar-refractivity contribution >= 4 is 10.8 Å². The second-order valence-corrected chi connectivity index (χ2v) is 5.08. The summed E-state index contributed by atoms with van der Waals surface area (Å²) >= 11 is 0. The summed E-state index contributed by atoms with van der Waals surface area (Å²) < 4.78 is 8.20. The summed E-state index contributed by atoms with van der Waals surface area (Å²) in [5, 5.41) is 5.31. The number of pyridine rings is 1. The maximum absolute atomic E-state index is 12.1. The molecule has 0 fully saturated rings. The Morgan fingerprint density at radius 3 is 2.59 bits per heavy atom. The molecule has 0 N–H and O–H groups in total. The van der Waals surface area contributed by atoms with E-state index in [0.29, 0.717) is 11.1 Å². The summed E-state index contributed by atoms with van der Waals surface area (Å²) in [4.78, 5) is 23.7. The summed E-state index contributed by atoms with van der Waals surface area (Å²) in [6, 6.07) is 6.80. The first-order valence-corrected chi connectivity index (χ1v) is 6.72. The smallest absolute Gasteiger partial charge is 0.274 e. The van der Waals surface area contributed by atoms with E-state index in [1.807, 2.05) is 6.07 Å². The van der Waals surface area contributed by atoms with Gasteiger partial charge in [0.15, 0.2) is 0 Å². The predicted molar refractivity (Wildman–Crippen MR) is 84.2 cm³/mol. The molecular weight excluding hydrogens is 282 g/mol. The third kappa shape index (κ3) is 2.18. The number of nitrogens with zero attached hydrogens (tertiary/aromatic N) is 3. The fourth-order valence-corrected chi connectivity index (χ4v) is 2.41. The van der Waals surface area contributed by atoms with E-state index in [1.165, 1.54) is 15.3 Å². The first kappa shape index (κ1) is 14.1. The van der Waals surface area contributed by atoms with Crippen LogP contribution in [0.15, 0.2) is 46.2 Å². The molecule has 6 heteroatoms. The van der Waals surface area contributed by atoms with Gasteiger partial charge >= 0.3 is 0 Å². The summed E-state index contributed by atoms with van der Waals surface area (Å²) in [5.41, 5.74) is 1.38. The molecule has 0 radical (unpaired) electrons. The van der Waals surface area contributed by atoms with Crippen LogP contribution in [0.25, 0.3) is 21.9 Å². The third-order valence-electron chi connectivity index (χ3n) is 3.66. The van der Waals surface area contributed by atoms with Gasteiger partial charge < -0.3 is 9.30 Å². The molecule has 0 saturated heterocycles. The summed E-state index contributed by atoms with van der Waals surface area (Å²) in [7, 11) is 4.85. The van der Waals surface area contributed by atoms with Crippen molar-refractivity contribution in [2.75, 3.05) is 7.11 Å². The van der Waals surface area contributed by atoms with Crippen LogP contribution in [0, 0.1) is 0 Å². The van der Waals surface area contributed by atoms with Crippen LogP contribution in [-0.2, 0) is 14.1 Å². The van der Waals surface area contributed by atoms with E-state index in [9.17, 15) is 9.59 Å². The largest absolute Gasteiger partial charge is 0.496 e. The topological polar surface area (TPSA) is 66.1 Å². The van der Waals surface area contributed by atoms with Crippen LogP contribution in [0.5, 0.6) is 5.75 Å². The van der Waals surface area contributed by atoms with E-state index >= 15 is 0 Å². The number of rotatable bonds is 2. The van der Waals surface area contributed by atoms with Crippen LogP contribution in [0.3, 0.4) is 0 Å². The van der Waals surface area contributed by atoms with Crippen LogP contribution in [0.4, 0.5) is 0 Å². The molecule has 0 amide bonds. The van der Waals surface area contributed by atoms with E-state index in [4.69, 9.17) is 4.74 Å². The Bertz CT molecular complexity index is 986. The molecule has 1 aromatic carbocycles. The molecule has 0 spiro atoms. The molecule has 112 valence electrons. The number of fused-ring (bicyclic) bond motifs is 1. The lowest BCUT2D eigenvalue weighted by molar-refractivity contribution is 0.417. The molecule has 0 aliphatic rings. The van der Waals surface area contributed by atoms with E-state index < -0.39 is 0 Å². The lowest BCUT2D eigenvalue weighted by Gasteiger charge is -2.11. The average Bonchev–Trinajstić information content (AvgIpc) is 2.52. The Hall–Kier alpha value is -2.89. The van der Waals surface area contributed by atoms with Gasteiger partial charge in [0.25, 0.3) is 5.56 Å². The van der Waals surface area contributed by atoms with Gasteiger partial charge in [-0.15, -0.1) is 0 Å². The van der Waals surface area contributed by atoms with Gasteiger partial charge in [0.2, 0.25) is 5.56 Å². The average molecular weight is 297 g/mol. The van der Waals surface area contributed by atoms with E-state index in [0.717, 1.165) is 16.5 Å². The van der Waals surface area contributed by atoms with E-state index in [1.54, 1.807) is 45.7 Å². The molecule has 0 bridgehead atoms. The van der Waals surface area contributed by atoms with Crippen molar-refractivity contribution < 1.29 is 4.74 Å². The number of aromatic nitrogens is 3. The van der Waals surface area contributed by atoms with E-state index in [-0.39, 0.29) is 11.1 Å². The molecule has 6 nitrogen and oxygen atoms in total. The van der Waals surface area contributed by atoms with Crippen LogP contribution in [0.1, 0.15) is 0 Å². The molecule has 0 aliphatic heterocycles. The zero-order valence-electron chi connectivity index (χ0n) is 12.5. The van der Waals surface area contributed by atoms with Crippen LogP contribution in [0.2, 0.25) is 0 Å². The van der Waals surface area contributed by atoms with Gasteiger partial charge in [-0.2, -0.15) is 5.10 Å². The molecule has 0 unspecified atom stereocenters. The number of hydrogen-bond donors (Lipinski definition) is 0. The standard InChI is InChI=1S/C16H15N3O3/c1-18-9-10(4-5-15(18)20)12-6-11-8-17-19(2)16(21)13(11)7-14(12)22-3/h4-9H,1-3H3. The van der Waals surface area contributed by atoms with Gasteiger partial charge in [-0.05, 0) is 18.2 Å². The first-order valence-electron chi connectivity index (χ1n) is 6.72. The number of hydrogen-bond acceptors (Lipinski definition) is 4. The van der Waals surface area contributed by atoms with Gasteiger partial charge in [0.05, 0.1) is 18.7 Å². The fraction of sp³-hybridized carbons (Fsp3) is 0.188. The maximum Gasteiger partial charge on any atom is 0.274 e. The van der Waals surface area contributed by atoms with Crippen LogP contribution < -0.4 is 15.9 Å². The van der Waals surface area contributed by atoms with Gasteiger partial charge in [-0.3, -0.25) is 9.59 Å². The summed E-state index contributed by atoms with van der Waals surface area (Å²) in [6.07, 6.45) is 3.38. The maximum atomic E-state index is 12.1. The van der Waals surface area contributed by atoms with Crippen molar-refractivity contribution in [1.29, 1.82) is 0 Å². The highest BCUT2D eigenvalue weighted by atomic mass is 16.5. The first-order chi connectivity index (χ1) is 10.5. The lowest BCUT2D eigenvalue weighted by Crippen LogP contribution is -2.19. The van der Waals surface area contributed by atoms with Crippen molar-refractivity contribution in [3.05, 3.63) is 57.4 Å². The number of benzene rings is 1. The third-order valence-corrected chi connectivity index (χ3v) is 3.66. The van der Waals surface area contributed by atoms with Crippen molar-refractivity contribution in [1.82, 2.24) is 14.3 Å². The van der Waals surface area contributed by atoms with Crippen molar-refractivity contribution in [3.8, 4) is 16.9 Å². The van der Waals surface area contributed by atoms with Gasteiger partial charge in [-0.25, -0.2) is 4.68 Å². The predicted octanol–water partition coefficient (Wildman–Crippen LogP) is 1.31. The number of methoxy groups -OCH3 is 1. The van der Waals surface area contributed by atoms with Gasteiger partial charge in [0, 0.05) is 42.9 Å². The summed E-state index contributed by atoms with van der Waals surface area (Å²) in [6.45, 7) is 0. The quantitative estimate of drug-likeness (QED) is 0.715. The Balaban J connectivity index is 2.33.